The summed E-state index contributed by atoms with van der Waals surface area (Å²) in [5.74, 6) is 0.367. The Labute approximate surface area is 217 Å². The third-order valence-corrected chi connectivity index (χ3v) is 7.32. The largest absolute Gasteiger partial charge is 0.423 e. The summed E-state index contributed by atoms with van der Waals surface area (Å²) in [6, 6.07) is 30.0. The number of hydrogen-bond donors (Lipinski definition) is 0. The second-order valence-corrected chi connectivity index (χ2v) is 9.75. The van der Waals surface area contributed by atoms with Gasteiger partial charge in [0.2, 0.25) is 0 Å². The first-order valence-electron chi connectivity index (χ1n) is 12.7. The van der Waals surface area contributed by atoms with Gasteiger partial charge in [-0.2, -0.15) is 0 Å². The number of benzene rings is 4. The Balaban J connectivity index is 1.41. The lowest BCUT2D eigenvalue weighted by molar-refractivity contribution is 0.0725. The van der Waals surface area contributed by atoms with Gasteiger partial charge in [0.1, 0.15) is 11.5 Å². The average Bonchev–Trinajstić information content (AvgIpc) is 3.40. The number of hydrogen-bond acceptors (Lipinski definition) is 4. The van der Waals surface area contributed by atoms with Crippen LogP contribution < -0.4 is 9.47 Å². The first-order chi connectivity index (χ1) is 18.0. The second kappa shape index (κ2) is 10.4. The molecule has 37 heavy (non-hydrogen) atoms. The first kappa shape index (κ1) is 24.5. The fourth-order valence-corrected chi connectivity index (χ4v) is 5.62. The number of rotatable bonds is 6. The van der Waals surface area contributed by atoms with Gasteiger partial charge in [0.25, 0.3) is 0 Å². The Morgan fingerprint density at radius 3 is 1.38 bits per heavy atom. The van der Waals surface area contributed by atoms with Crippen molar-refractivity contribution in [1.82, 2.24) is 0 Å². The van der Waals surface area contributed by atoms with Gasteiger partial charge >= 0.3 is 11.9 Å². The van der Waals surface area contributed by atoms with E-state index in [4.69, 9.17) is 9.47 Å². The van der Waals surface area contributed by atoms with Crippen LogP contribution in [0, 0.1) is 13.8 Å². The van der Waals surface area contributed by atoms with Crippen molar-refractivity contribution in [3.63, 3.8) is 0 Å². The molecular formula is C33H30O4. The van der Waals surface area contributed by atoms with Gasteiger partial charge in [-0.15, -0.1) is 0 Å². The summed E-state index contributed by atoms with van der Waals surface area (Å²) in [5.41, 5.74) is 5.63. The molecule has 0 saturated heterocycles. The minimum atomic E-state index is -0.361. The van der Waals surface area contributed by atoms with Gasteiger partial charge in [0, 0.05) is 5.41 Å². The topological polar surface area (TPSA) is 52.6 Å². The van der Waals surface area contributed by atoms with Gasteiger partial charge in [-0.3, -0.25) is 0 Å². The summed E-state index contributed by atoms with van der Waals surface area (Å²) in [5, 5.41) is 0. The lowest BCUT2D eigenvalue weighted by Crippen LogP contribution is -2.26. The Kier molecular flexibility index (Phi) is 6.91. The molecule has 186 valence electrons. The SMILES string of the molecule is Cc1cc(OC(=O)c2ccccc2)ccc1C1(c2ccc(OC(=O)c3ccccc3)cc2C)CCCC1. The predicted octanol–water partition coefficient (Wildman–Crippen LogP) is 7.60. The molecule has 0 aliphatic heterocycles. The molecule has 1 aliphatic rings. The maximum Gasteiger partial charge on any atom is 0.343 e. The molecule has 1 saturated carbocycles. The molecule has 4 nitrogen and oxygen atoms in total. The standard InChI is InChI=1S/C33H30O4/c1-23-21-27(36-31(34)25-11-5-3-6-12-25)15-17-29(23)33(19-9-10-20-33)30-18-16-28(22-24(30)2)37-32(35)26-13-7-4-8-14-26/h3-8,11-18,21-22H,9-10,19-20H2,1-2H3. The summed E-state index contributed by atoms with van der Waals surface area (Å²) in [7, 11) is 0. The van der Waals surface area contributed by atoms with E-state index < -0.39 is 0 Å². The fourth-order valence-electron chi connectivity index (χ4n) is 5.62. The molecular weight excluding hydrogens is 460 g/mol. The number of esters is 2. The zero-order valence-corrected chi connectivity index (χ0v) is 21.2. The Hall–Kier alpha value is -4.18. The Morgan fingerprint density at radius 2 is 1.00 bits per heavy atom. The van der Waals surface area contributed by atoms with Crippen molar-refractivity contribution in [1.29, 1.82) is 0 Å². The van der Waals surface area contributed by atoms with E-state index in [9.17, 15) is 9.59 Å². The second-order valence-electron chi connectivity index (χ2n) is 9.75. The van der Waals surface area contributed by atoms with Crippen molar-refractivity contribution in [3.8, 4) is 11.5 Å². The normalized spacial score (nSPS) is 14.2. The Bertz CT molecular complexity index is 1310. The molecule has 5 rings (SSSR count). The van der Waals surface area contributed by atoms with Gasteiger partial charge in [-0.05, 0) is 97.5 Å². The molecule has 0 N–H and O–H groups in total. The van der Waals surface area contributed by atoms with E-state index in [1.807, 2.05) is 60.7 Å². The van der Waals surface area contributed by atoms with Crippen molar-refractivity contribution in [2.75, 3.05) is 0 Å². The van der Waals surface area contributed by atoms with Gasteiger partial charge in [0.15, 0.2) is 0 Å². The molecule has 4 heteroatoms. The highest BCUT2D eigenvalue weighted by atomic mass is 16.5. The third kappa shape index (κ3) is 5.05. The summed E-state index contributed by atoms with van der Waals surface area (Å²) in [6.07, 6.45) is 4.38. The van der Waals surface area contributed by atoms with Crippen LogP contribution in [0.1, 0.15) is 68.7 Å². The summed E-state index contributed by atoms with van der Waals surface area (Å²) >= 11 is 0. The van der Waals surface area contributed by atoms with Crippen LogP contribution >= 0.6 is 0 Å². The zero-order chi connectivity index (χ0) is 25.8. The van der Waals surface area contributed by atoms with Crippen LogP contribution in [0.25, 0.3) is 0 Å². The van der Waals surface area contributed by atoms with Gasteiger partial charge in [0.05, 0.1) is 11.1 Å². The van der Waals surface area contributed by atoms with Gasteiger partial charge < -0.3 is 9.47 Å². The summed E-state index contributed by atoms with van der Waals surface area (Å²) in [4.78, 5) is 25.1. The van der Waals surface area contributed by atoms with Crippen LogP contribution in [-0.4, -0.2) is 11.9 Å². The molecule has 0 aromatic heterocycles. The Morgan fingerprint density at radius 1 is 0.595 bits per heavy atom. The summed E-state index contributed by atoms with van der Waals surface area (Å²) < 4.78 is 11.3. The van der Waals surface area contributed by atoms with E-state index in [2.05, 4.69) is 26.0 Å². The zero-order valence-electron chi connectivity index (χ0n) is 21.2. The molecule has 1 aliphatic carbocycles. The molecule has 0 spiro atoms. The minimum absolute atomic E-state index is 0.127. The van der Waals surface area contributed by atoms with Crippen LogP contribution in [0.15, 0.2) is 97.1 Å². The van der Waals surface area contributed by atoms with E-state index in [1.54, 1.807) is 24.3 Å². The van der Waals surface area contributed by atoms with Gasteiger partial charge in [-0.25, -0.2) is 9.59 Å². The van der Waals surface area contributed by atoms with Gasteiger partial charge in [-0.1, -0.05) is 61.4 Å². The van der Waals surface area contributed by atoms with Crippen molar-refractivity contribution in [2.24, 2.45) is 0 Å². The number of carbonyl (C=O) groups is 2. The lowest BCUT2D eigenvalue weighted by atomic mass is 9.70. The van der Waals surface area contributed by atoms with E-state index in [-0.39, 0.29) is 17.4 Å². The van der Waals surface area contributed by atoms with Crippen molar-refractivity contribution in [2.45, 2.75) is 44.9 Å². The molecule has 0 unspecified atom stereocenters. The van der Waals surface area contributed by atoms with Crippen LogP contribution in [-0.2, 0) is 5.41 Å². The maximum atomic E-state index is 12.5. The summed E-state index contributed by atoms with van der Waals surface area (Å²) in [6.45, 7) is 4.17. The quantitative estimate of drug-likeness (QED) is 0.206. The molecule has 0 atom stereocenters. The molecule has 4 aromatic carbocycles. The van der Waals surface area contributed by atoms with Crippen LogP contribution in [0.4, 0.5) is 0 Å². The molecule has 0 amide bonds. The monoisotopic (exact) mass is 490 g/mol. The predicted molar refractivity (Wildman–Crippen MR) is 144 cm³/mol. The molecule has 1 fully saturated rings. The highest BCUT2D eigenvalue weighted by Crippen LogP contribution is 2.49. The lowest BCUT2D eigenvalue weighted by Gasteiger charge is -2.34. The van der Waals surface area contributed by atoms with Crippen LogP contribution in [0.3, 0.4) is 0 Å². The first-order valence-corrected chi connectivity index (χ1v) is 12.7. The van der Waals surface area contributed by atoms with Crippen molar-refractivity contribution >= 4 is 11.9 Å². The van der Waals surface area contributed by atoms with Crippen LogP contribution in [0.2, 0.25) is 0 Å². The van der Waals surface area contributed by atoms with Crippen molar-refractivity contribution in [3.05, 3.63) is 130 Å². The van der Waals surface area contributed by atoms with Crippen LogP contribution in [0.5, 0.6) is 11.5 Å². The third-order valence-electron chi connectivity index (χ3n) is 7.32. The fraction of sp³-hybridized carbons (Fsp3) is 0.212. The molecule has 0 radical (unpaired) electrons. The number of carbonyl (C=O) groups excluding carboxylic acids is 2. The average molecular weight is 491 g/mol. The maximum absolute atomic E-state index is 12.5. The number of ether oxygens (including phenoxy) is 2. The number of aryl methyl sites for hydroxylation is 2. The van der Waals surface area contributed by atoms with E-state index >= 15 is 0 Å². The van der Waals surface area contributed by atoms with E-state index in [0.29, 0.717) is 22.6 Å². The van der Waals surface area contributed by atoms with E-state index in [1.165, 1.54) is 11.1 Å². The highest BCUT2D eigenvalue weighted by molar-refractivity contribution is 5.91. The van der Waals surface area contributed by atoms with E-state index in [0.717, 1.165) is 36.8 Å². The smallest absolute Gasteiger partial charge is 0.343 e. The molecule has 0 bridgehead atoms. The molecule has 4 aromatic rings. The highest BCUT2D eigenvalue weighted by Gasteiger charge is 2.39. The van der Waals surface area contributed by atoms with Crippen molar-refractivity contribution < 1.29 is 19.1 Å². The minimum Gasteiger partial charge on any atom is -0.423 e. The molecule has 0 heterocycles.